The number of rotatable bonds is 12. The van der Waals surface area contributed by atoms with Crippen molar-refractivity contribution < 1.29 is 23.5 Å². The van der Waals surface area contributed by atoms with Crippen LogP contribution in [0.5, 0.6) is 0 Å². The number of hydrogen-bond donors (Lipinski definition) is 0. The van der Waals surface area contributed by atoms with Gasteiger partial charge in [0.2, 0.25) is 0 Å². The van der Waals surface area contributed by atoms with Crippen molar-refractivity contribution in [3.63, 3.8) is 0 Å². The second-order valence-electron chi connectivity index (χ2n) is 16.2. The van der Waals surface area contributed by atoms with Gasteiger partial charge in [-0.1, -0.05) is 172 Å². The second-order valence-corrected chi connectivity index (χ2v) is 20.5. The molecule has 1 amide bonds. The number of amides is 1. The molecule has 7 heteroatoms. The zero-order valence-electron chi connectivity index (χ0n) is 32.4. The molecule has 0 saturated carbocycles. The summed E-state index contributed by atoms with van der Waals surface area (Å²) in [5.74, 6) is -0.301. The first-order valence-corrected chi connectivity index (χ1v) is 20.8. The van der Waals surface area contributed by atoms with E-state index < -0.39 is 37.7 Å². The lowest BCUT2D eigenvalue weighted by Gasteiger charge is -2.43. The minimum Gasteiger partial charge on any atom is -0.444 e. The standard InChI is InChI=1S/C47H53NO5Si/c1-45(2,3)53-44(50)48-40(35-51-47(37-22-12-7-13-23-37,38-24-14-8-15-25-38)39-26-16-9-17-27-39)32-36(43(48)33-49)34-52-54(46(4,5)6,41-28-18-10-19-29-41)42-30-20-11-21-31-42/h7-31,33,36,40,43H,32,34-35H2,1-6H3/t36-,40+,43-/m0/s1. The van der Waals surface area contributed by atoms with Crippen LogP contribution in [0.25, 0.3) is 0 Å². The van der Waals surface area contributed by atoms with Crippen molar-refractivity contribution >= 4 is 31.1 Å². The van der Waals surface area contributed by atoms with E-state index >= 15 is 0 Å². The zero-order chi connectivity index (χ0) is 38.4. The molecule has 54 heavy (non-hydrogen) atoms. The predicted octanol–water partition coefficient (Wildman–Crippen LogP) is 8.76. The second kappa shape index (κ2) is 16.3. The predicted molar refractivity (Wildman–Crippen MR) is 219 cm³/mol. The van der Waals surface area contributed by atoms with Gasteiger partial charge in [-0.05, 0) is 59.3 Å². The quantitative estimate of drug-likeness (QED) is 0.0728. The van der Waals surface area contributed by atoms with Crippen molar-refractivity contribution in [3.8, 4) is 0 Å². The molecule has 6 nitrogen and oxygen atoms in total. The summed E-state index contributed by atoms with van der Waals surface area (Å²) in [6.45, 7) is 12.7. The molecule has 1 heterocycles. The van der Waals surface area contributed by atoms with Crippen LogP contribution in [0.15, 0.2) is 152 Å². The Balaban J connectivity index is 1.41. The molecule has 280 valence electrons. The molecular formula is C47H53NO5Si. The van der Waals surface area contributed by atoms with Gasteiger partial charge in [-0.25, -0.2) is 4.79 Å². The van der Waals surface area contributed by atoms with E-state index in [1.54, 1.807) is 4.90 Å². The zero-order valence-corrected chi connectivity index (χ0v) is 33.4. The Labute approximate surface area is 322 Å². The van der Waals surface area contributed by atoms with Gasteiger partial charge in [0.15, 0.2) is 0 Å². The lowest BCUT2D eigenvalue weighted by molar-refractivity contribution is -0.113. The van der Waals surface area contributed by atoms with E-state index in [1.807, 2.05) is 87.5 Å². The monoisotopic (exact) mass is 739 g/mol. The summed E-state index contributed by atoms with van der Waals surface area (Å²) in [6.07, 6.45) is 0.850. The van der Waals surface area contributed by atoms with Crippen LogP contribution in [0.3, 0.4) is 0 Å². The van der Waals surface area contributed by atoms with E-state index in [0.717, 1.165) is 33.3 Å². The van der Waals surface area contributed by atoms with E-state index in [1.165, 1.54) is 0 Å². The van der Waals surface area contributed by atoms with Crippen molar-refractivity contribution in [2.45, 2.75) is 76.3 Å². The fourth-order valence-corrected chi connectivity index (χ4v) is 12.8. The molecule has 3 atom stereocenters. The van der Waals surface area contributed by atoms with Gasteiger partial charge in [-0.2, -0.15) is 0 Å². The third-order valence-corrected chi connectivity index (χ3v) is 15.5. The highest BCUT2D eigenvalue weighted by molar-refractivity contribution is 6.99. The number of carbonyl (C=O) groups is 2. The minimum absolute atomic E-state index is 0.151. The van der Waals surface area contributed by atoms with Crippen molar-refractivity contribution in [2.75, 3.05) is 13.2 Å². The summed E-state index contributed by atoms with van der Waals surface area (Å²) >= 11 is 0. The van der Waals surface area contributed by atoms with Crippen LogP contribution in [0, 0.1) is 5.92 Å². The minimum atomic E-state index is -2.93. The van der Waals surface area contributed by atoms with Crippen molar-refractivity contribution in [2.24, 2.45) is 5.92 Å². The third-order valence-electron chi connectivity index (χ3n) is 10.5. The molecule has 0 spiro atoms. The lowest BCUT2D eigenvalue weighted by atomic mass is 9.80. The van der Waals surface area contributed by atoms with Gasteiger partial charge in [0.25, 0.3) is 8.32 Å². The van der Waals surface area contributed by atoms with E-state index in [4.69, 9.17) is 13.9 Å². The number of aldehydes is 1. The van der Waals surface area contributed by atoms with Gasteiger partial charge >= 0.3 is 6.09 Å². The Kier molecular flexibility index (Phi) is 11.7. The Hall–Kier alpha value is -4.82. The summed E-state index contributed by atoms with van der Waals surface area (Å²) in [4.78, 5) is 29.0. The first-order chi connectivity index (χ1) is 25.9. The molecule has 0 aliphatic carbocycles. The van der Waals surface area contributed by atoms with Crippen LogP contribution in [-0.4, -0.2) is 56.5 Å². The average Bonchev–Trinajstić information content (AvgIpc) is 3.54. The van der Waals surface area contributed by atoms with Gasteiger partial charge < -0.3 is 18.7 Å². The summed E-state index contributed by atoms with van der Waals surface area (Å²) in [6, 6.07) is 50.3. The van der Waals surface area contributed by atoms with Gasteiger partial charge in [0.05, 0.1) is 18.7 Å². The molecule has 0 aromatic heterocycles. The van der Waals surface area contributed by atoms with E-state index in [-0.39, 0.29) is 24.2 Å². The molecule has 1 saturated heterocycles. The van der Waals surface area contributed by atoms with Crippen molar-refractivity contribution in [1.29, 1.82) is 0 Å². The molecule has 1 fully saturated rings. The van der Waals surface area contributed by atoms with E-state index in [0.29, 0.717) is 6.42 Å². The molecule has 1 aliphatic rings. The fourth-order valence-electron chi connectivity index (χ4n) is 8.13. The molecular weight excluding hydrogens is 687 g/mol. The summed E-state index contributed by atoms with van der Waals surface area (Å²) in [7, 11) is -2.93. The largest absolute Gasteiger partial charge is 0.444 e. The normalized spacial score (nSPS) is 18.0. The number of likely N-dealkylation sites (tertiary alicyclic amines) is 1. The number of nitrogens with zero attached hydrogens (tertiary/aromatic N) is 1. The van der Waals surface area contributed by atoms with Crippen molar-refractivity contribution in [3.05, 3.63) is 168 Å². The topological polar surface area (TPSA) is 65.1 Å². The summed E-state index contributed by atoms with van der Waals surface area (Å²) < 4.78 is 20.6. The SMILES string of the molecule is CC(C)(C)OC(=O)N1[C@@H](COC(c2ccccc2)(c2ccccc2)c2ccccc2)C[C@@H](CO[Si](c2ccccc2)(c2ccccc2)C(C)(C)C)[C@@H]1C=O. The van der Waals surface area contributed by atoms with Gasteiger partial charge in [0.1, 0.15) is 17.5 Å². The van der Waals surface area contributed by atoms with Gasteiger partial charge in [-0.15, -0.1) is 0 Å². The fraction of sp³-hybridized carbons (Fsp3) is 0.319. The third kappa shape index (κ3) is 7.85. The number of hydrogen-bond acceptors (Lipinski definition) is 5. The highest BCUT2D eigenvalue weighted by Crippen LogP contribution is 2.43. The Bertz CT molecular complexity index is 1810. The number of carbonyl (C=O) groups excluding carboxylic acids is 2. The Morgan fingerprint density at radius 1 is 0.648 bits per heavy atom. The Morgan fingerprint density at radius 2 is 1.06 bits per heavy atom. The lowest BCUT2D eigenvalue weighted by Crippen LogP contribution is -2.67. The smallest absolute Gasteiger partial charge is 0.411 e. The summed E-state index contributed by atoms with van der Waals surface area (Å²) in [5.41, 5.74) is 1.12. The number of ether oxygens (including phenoxy) is 2. The van der Waals surface area contributed by atoms with Crippen LogP contribution >= 0.6 is 0 Å². The maximum Gasteiger partial charge on any atom is 0.411 e. The van der Waals surface area contributed by atoms with E-state index in [9.17, 15) is 9.59 Å². The molecule has 5 aromatic carbocycles. The van der Waals surface area contributed by atoms with Crippen LogP contribution in [-0.2, 0) is 24.3 Å². The molecule has 0 unspecified atom stereocenters. The maximum absolute atomic E-state index is 14.2. The molecule has 0 N–H and O–H groups in total. The molecule has 6 rings (SSSR count). The van der Waals surface area contributed by atoms with Crippen LogP contribution in [0.1, 0.15) is 64.7 Å². The molecule has 5 aromatic rings. The first-order valence-electron chi connectivity index (χ1n) is 18.9. The Morgan fingerprint density at radius 3 is 1.43 bits per heavy atom. The maximum atomic E-state index is 14.2. The van der Waals surface area contributed by atoms with Crippen LogP contribution < -0.4 is 10.4 Å². The molecule has 0 radical (unpaired) electrons. The van der Waals surface area contributed by atoms with Gasteiger partial charge in [-0.3, -0.25) is 4.90 Å². The highest BCUT2D eigenvalue weighted by Gasteiger charge is 2.53. The first kappa shape index (κ1) is 38.9. The number of benzene rings is 5. The molecule has 0 bridgehead atoms. The van der Waals surface area contributed by atoms with Crippen LogP contribution in [0.2, 0.25) is 5.04 Å². The van der Waals surface area contributed by atoms with Crippen molar-refractivity contribution in [1.82, 2.24) is 4.90 Å². The van der Waals surface area contributed by atoms with Crippen LogP contribution in [0.4, 0.5) is 4.79 Å². The van der Waals surface area contributed by atoms with E-state index in [2.05, 4.69) is 106 Å². The summed E-state index contributed by atoms with van der Waals surface area (Å²) in [5, 5.41) is 2.07. The van der Waals surface area contributed by atoms with Gasteiger partial charge in [0, 0.05) is 12.5 Å². The molecule has 1 aliphatic heterocycles. The average molecular weight is 740 g/mol. The highest BCUT2D eigenvalue weighted by atomic mass is 28.4.